The summed E-state index contributed by atoms with van der Waals surface area (Å²) in [5, 5.41) is 11.2. The quantitative estimate of drug-likeness (QED) is 0.338. The number of nitro benzene ring substituents is 1. The third-order valence-corrected chi connectivity index (χ3v) is 6.09. The molecule has 0 radical (unpaired) electrons. The minimum Gasteiger partial charge on any atom is -0.292 e. The maximum atomic E-state index is 12.5. The van der Waals surface area contributed by atoms with E-state index in [9.17, 15) is 23.3 Å². The second-order valence-corrected chi connectivity index (χ2v) is 8.61. The number of carbonyl (C=O) groups excluding carboxylic acids is 1. The Hall–Kier alpha value is -3.34. The zero-order chi connectivity index (χ0) is 22.6. The average Bonchev–Trinajstić information content (AvgIpc) is 2.74. The van der Waals surface area contributed by atoms with Crippen LogP contribution in [0.15, 0.2) is 71.6 Å². The van der Waals surface area contributed by atoms with Crippen LogP contribution in [0.2, 0.25) is 10.0 Å². The Labute approximate surface area is 187 Å². The summed E-state index contributed by atoms with van der Waals surface area (Å²) in [6, 6.07) is 15.4. The number of hydrogen-bond donors (Lipinski definition) is 3. The van der Waals surface area contributed by atoms with Crippen molar-refractivity contribution in [1.29, 1.82) is 0 Å². The van der Waals surface area contributed by atoms with Crippen molar-refractivity contribution in [2.45, 2.75) is 4.90 Å². The van der Waals surface area contributed by atoms with Crippen LogP contribution in [0.3, 0.4) is 0 Å². The number of rotatable bonds is 7. The summed E-state index contributed by atoms with van der Waals surface area (Å²) in [7, 11) is -4.00. The van der Waals surface area contributed by atoms with Gasteiger partial charge in [-0.05, 0) is 48.5 Å². The van der Waals surface area contributed by atoms with Crippen LogP contribution >= 0.6 is 23.2 Å². The van der Waals surface area contributed by atoms with Gasteiger partial charge in [0.2, 0.25) is 0 Å². The number of benzene rings is 3. The summed E-state index contributed by atoms with van der Waals surface area (Å²) in [5.41, 5.74) is 5.15. The van der Waals surface area contributed by atoms with Gasteiger partial charge in [-0.25, -0.2) is 8.42 Å². The fraction of sp³-hybridized carbons (Fsp3) is 0. The zero-order valence-electron chi connectivity index (χ0n) is 15.5. The molecule has 3 N–H and O–H groups in total. The molecular weight excluding hydrogens is 467 g/mol. The van der Waals surface area contributed by atoms with Crippen LogP contribution in [0.5, 0.6) is 0 Å². The monoisotopic (exact) mass is 480 g/mol. The van der Waals surface area contributed by atoms with E-state index in [-0.39, 0.29) is 37.6 Å². The number of sulfonamides is 1. The number of hydrogen-bond acceptors (Lipinski definition) is 6. The van der Waals surface area contributed by atoms with Gasteiger partial charge in [-0.15, -0.1) is 0 Å². The van der Waals surface area contributed by atoms with Crippen molar-refractivity contribution in [2.24, 2.45) is 0 Å². The minimum absolute atomic E-state index is 0.00831. The Bertz CT molecular complexity index is 1250. The predicted molar refractivity (Wildman–Crippen MR) is 118 cm³/mol. The molecule has 0 spiro atoms. The third kappa shape index (κ3) is 5.43. The molecule has 0 aromatic heterocycles. The number of para-hydroxylation sites is 2. The molecule has 12 heteroatoms. The van der Waals surface area contributed by atoms with Gasteiger partial charge in [0.1, 0.15) is 10.6 Å². The van der Waals surface area contributed by atoms with Crippen molar-refractivity contribution in [1.82, 2.24) is 5.43 Å². The second-order valence-electron chi connectivity index (χ2n) is 6.11. The molecule has 0 saturated carbocycles. The molecule has 0 bridgehead atoms. The highest BCUT2D eigenvalue weighted by Crippen LogP contribution is 2.27. The normalized spacial score (nSPS) is 10.9. The van der Waals surface area contributed by atoms with E-state index < -0.39 is 20.9 Å². The first kappa shape index (κ1) is 22.3. The van der Waals surface area contributed by atoms with Crippen LogP contribution in [0, 0.1) is 10.1 Å². The molecule has 0 fully saturated rings. The molecule has 31 heavy (non-hydrogen) atoms. The van der Waals surface area contributed by atoms with Gasteiger partial charge < -0.3 is 0 Å². The first-order valence-corrected chi connectivity index (χ1v) is 10.8. The standard InChI is InChI=1S/C19H14Cl2N4O5S/c20-13-7-10-15(21)18(11-13)31(29,30)24-14-8-5-12(6-9-14)19(26)23-22-16-3-1-2-4-17(16)25(27)28/h1-11,22,24H,(H,23,26). The lowest BCUT2D eigenvalue weighted by Crippen LogP contribution is -2.29. The van der Waals surface area contributed by atoms with Crippen LogP contribution in [0.25, 0.3) is 0 Å². The van der Waals surface area contributed by atoms with Gasteiger partial charge in [0.05, 0.1) is 9.95 Å². The summed E-state index contributed by atoms with van der Waals surface area (Å²) in [4.78, 5) is 22.5. The molecule has 0 aliphatic rings. The van der Waals surface area contributed by atoms with Crippen molar-refractivity contribution in [3.05, 3.63) is 92.5 Å². The maximum absolute atomic E-state index is 12.5. The molecule has 3 aromatic rings. The minimum atomic E-state index is -4.00. The topological polar surface area (TPSA) is 130 Å². The molecule has 160 valence electrons. The molecule has 3 aromatic carbocycles. The maximum Gasteiger partial charge on any atom is 0.294 e. The molecule has 3 rings (SSSR count). The summed E-state index contributed by atoms with van der Waals surface area (Å²) in [5.74, 6) is -0.578. The average molecular weight is 481 g/mol. The Kier molecular flexibility index (Phi) is 6.64. The van der Waals surface area contributed by atoms with Gasteiger partial charge in [0.25, 0.3) is 21.6 Å². The number of nitro groups is 1. The molecule has 0 aliphatic heterocycles. The third-order valence-electron chi connectivity index (χ3n) is 3.99. The highest BCUT2D eigenvalue weighted by molar-refractivity contribution is 7.92. The fourth-order valence-corrected chi connectivity index (χ4v) is 4.34. The molecular formula is C19H14Cl2N4O5S. The summed E-state index contributed by atoms with van der Waals surface area (Å²) in [6.45, 7) is 0. The second kappa shape index (κ2) is 9.21. The largest absolute Gasteiger partial charge is 0.294 e. The van der Waals surface area contributed by atoms with Crippen molar-refractivity contribution in [2.75, 3.05) is 10.1 Å². The molecule has 0 unspecified atom stereocenters. The van der Waals surface area contributed by atoms with Crippen molar-refractivity contribution < 1.29 is 18.1 Å². The summed E-state index contributed by atoms with van der Waals surface area (Å²) in [6.07, 6.45) is 0. The van der Waals surface area contributed by atoms with Gasteiger partial charge in [-0.3, -0.25) is 30.5 Å². The van der Waals surface area contributed by atoms with E-state index in [0.29, 0.717) is 0 Å². The molecule has 1 amide bonds. The number of anilines is 2. The van der Waals surface area contributed by atoms with E-state index >= 15 is 0 Å². The highest BCUT2D eigenvalue weighted by atomic mass is 35.5. The predicted octanol–water partition coefficient (Wildman–Crippen LogP) is 4.46. The lowest BCUT2D eigenvalue weighted by molar-refractivity contribution is -0.384. The van der Waals surface area contributed by atoms with E-state index in [0.717, 1.165) is 0 Å². The number of halogens is 2. The van der Waals surface area contributed by atoms with Gasteiger partial charge in [-0.1, -0.05) is 35.3 Å². The molecule has 0 atom stereocenters. The SMILES string of the molecule is O=C(NNc1ccccc1[N+](=O)[O-])c1ccc(NS(=O)(=O)c2cc(Cl)ccc2Cl)cc1. The van der Waals surface area contributed by atoms with Gasteiger partial charge in [0.15, 0.2) is 0 Å². The first-order chi connectivity index (χ1) is 14.7. The van der Waals surface area contributed by atoms with Crippen LogP contribution in [0.1, 0.15) is 10.4 Å². The number of amides is 1. The number of nitrogens with one attached hydrogen (secondary N) is 3. The Morgan fingerprint density at radius 2 is 1.65 bits per heavy atom. The highest BCUT2D eigenvalue weighted by Gasteiger charge is 2.19. The lowest BCUT2D eigenvalue weighted by Gasteiger charge is -2.11. The summed E-state index contributed by atoms with van der Waals surface area (Å²) >= 11 is 11.8. The van der Waals surface area contributed by atoms with E-state index in [4.69, 9.17) is 23.2 Å². The van der Waals surface area contributed by atoms with E-state index in [1.165, 1.54) is 60.7 Å². The number of nitrogens with zero attached hydrogens (tertiary/aromatic N) is 1. The van der Waals surface area contributed by atoms with Gasteiger partial charge >= 0.3 is 0 Å². The fourth-order valence-electron chi connectivity index (χ4n) is 2.52. The van der Waals surface area contributed by atoms with E-state index in [2.05, 4.69) is 15.6 Å². The van der Waals surface area contributed by atoms with Crippen LogP contribution in [-0.4, -0.2) is 19.2 Å². The van der Waals surface area contributed by atoms with Crippen LogP contribution in [-0.2, 0) is 10.0 Å². The van der Waals surface area contributed by atoms with Gasteiger partial charge in [-0.2, -0.15) is 0 Å². The Morgan fingerprint density at radius 1 is 0.968 bits per heavy atom. The van der Waals surface area contributed by atoms with Gasteiger partial charge in [0, 0.05) is 22.3 Å². The molecule has 0 heterocycles. The first-order valence-electron chi connectivity index (χ1n) is 8.55. The number of hydrazine groups is 1. The van der Waals surface area contributed by atoms with Crippen LogP contribution in [0.4, 0.5) is 17.1 Å². The smallest absolute Gasteiger partial charge is 0.292 e. The molecule has 0 saturated heterocycles. The van der Waals surface area contributed by atoms with Crippen molar-refractivity contribution >= 4 is 56.2 Å². The zero-order valence-corrected chi connectivity index (χ0v) is 17.8. The van der Waals surface area contributed by atoms with E-state index in [1.807, 2.05) is 0 Å². The molecule has 9 nitrogen and oxygen atoms in total. The van der Waals surface area contributed by atoms with Crippen molar-refractivity contribution in [3.8, 4) is 0 Å². The number of carbonyl (C=O) groups is 1. The van der Waals surface area contributed by atoms with Crippen LogP contribution < -0.4 is 15.6 Å². The van der Waals surface area contributed by atoms with Crippen molar-refractivity contribution in [3.63, 3.8) is 0 Å². The Balaban J connectivity index is 1.69. The lowest BCUT2D eigenvalue weighted by atomic mass is 10.2. The molecule has 0 aliphatic carbocycles. The van der Waals surface area contributed by atoms with E-state index in [1.54, 1.807) is 6.07 Å². The Morgan fingerprint density at radius 3 is 2.32 bits per heavy atom. The summed E-state index contributed by atoms with van der Waals surface area (Å²) < 4.78 is 27.4.